The number of aliphatic hydroxyl groups is 1. The minimum Gasteiger partial charge on any atom is -0.393 e. The molecule has 1 N–H and O–H groups in total. The molecular weight excluding hydrogens is 324 g/mol. The van der Waals surface area contributed by atoms with Crippen molar-refractivity contribution in [3.05, 3.63) is 28.2 Å². The molecule has 0 aliphatic heterocycles. The molecule has 0 saturated heterocycles. The maximum Gasteiger partial charge on any atom is 0.275 e. The van der Waals surface area contributed by atoms with E-state index in [-0.39, 0.29) is 23.6 Å². The van der Waals surface area contributed by atoms with Crippen LogP contribution in [0.2, 0.25) is 4.34 Å². The summed E-state index contributed by atoms with van der Waals surface area (Å²) in [5.41, 5.74) is 0.273. The van der Waals surface area contributed by atoms with Crippen molar-refractivity contribution in [2.45, 2.75) is 25.4 Å². The van der Waals surface area contributed by atoms with Crippen molar-refractivity contribution in [3.8, 4) is 10.6 Å². The molecule has 5 nitrogen and oxygen atoms in total. The summed E-state index contributed by atoms with van der Waals surface area (Å²) in [6.45, 7) is 0.535. The van der Waals surface area contributed by atoms with Gasteiger partial charge in [-0.1, -0.05) is 23.2 Å². The predicted molar refractivity (Wildman–Crippen MR) is 85.1 cm³/mol. The van der Waals surface area contributed by atoms with Gasteiger partial charge in [-0.2, -0.15) is 0 Å². The molecule has 2 unspecified atom stereocenters. The number of aliphatic hydroxyl groups excluding tert-OH is 1. The highest BCUT2D eigenvalue weighted by molar-refractivity contribution is 7.19. The Morgan fingerprint density at radius 3 is 3.00 bits per heavy atom. The molecule has 0 bridgehead atoms. The first-order valence-electron chi connectivity index (χ1n) is 7.20. The molecule has 1 aliphatic rings. The van der Waals surface area contributed by atoms with Crippen molar-refractivity contribution < 1.29 is 14.4 Å². The number of aromatic nitrogens is 1. The molecule has 0 aromatic carbocycles. The smallest absolute Gasteiger partial charge is 0.275 e. The van der Waals surface area contributed by atoms with Crippen LogP contribution in [0.25, 0.3) is 10.6 Å². The van der Waals surface area contributed by atoms with Gasteiger partial charge in [0.2, 0.25) is 0 Å². The van der Waals surface area contributed by atoms with Crippen molar-refractivity contribution in [1.82, 2.24) is 10.1 Å². The third kappa shape index (κ3) is 3.19. The maximum atomic E-state index is 12.4. The standard InChI is InChI=1S/C15H17ClN2O3S/c1-18(8-9-3-2-4-11(9)19)15(20)10-7-12(21-17-10)13-5-6-14(16)22-13/h5-7,9,11,19H,2-4,8H2,1H3. The van der Waals surface area contributed by atoms with Crippen LogP contribution < -0.4 is 0 Å². The third-order valence-electron chi connectivity index (χ3n) is 4.02. The minimum absolute atomic E-state index is 0.149. The molecular formula is C15H17ClN2O3S. The molecule has 118 valence electrons. The van der Waals surface area contributed by atoms with Crippen molar-refractivity contribution in [2.75, 3.05) is 13.6 Å². The van der Waals surface area contributed by atoms with Crippen LogP contribution in [0.15, 0.2) is 22.7 Å². The second-order valence-electron chi connectivity index (χ2n) is 5.62. The molecule has 1 fully saturated rings. The van der Waals surface area contributed by atoms with Gasteiger partial charge in [-0.3, -0.25) is 4.79 Å². The molecule has 1 saturated carbocycles. The van der Waals surface area contributed by atoms with E-state index >= 15 is 0 Å². The number of thiophene rings is 1. The molecule has 0 radical (unpaired) electrons. The van der Waals surface area contributed by atoms with E-state index < -0.39 is 0 Å². The van der Waals surface area contributed by atoms with Gasteiger partial charge in [-0.05, 0) is 25.0 Å². The summed E-state index contributed by atoms with van der Waals surface area (Å²) in [5.74, 6) is 0.489. The van der Waals surface area contributed by atoms with Crippen LogP contribution in [-0.4, -0.2) is 40.8 Å². The first kappa shape index (κ1) is 15.5. The summed E-state index contributed by atoms with van der Waals surface area (Å²) in [6, 6.07) is 5.24. The fraction of sp³-hybridized carbons (Fsp3) is 0.467. The van der Waals surface area contributed by atoms with Gasteiger partial charge < -0.3 is 14.5 Å². The second kappa shape index (κ2) is 6.40. The lowest BCUT2D eigenvalue weighted by Crippen LogP contribution is -2.34. The Kier molecular flexibility index (Phi) is 4.52. The number of hydrogen-bond acceptors (Lipinski definition) is 5. The van der Waals surface area contributed by atoms with Crippen molar-refractivity contribution in [3.63, 3.8) is 0 Å². The zero-order valence-corrected chi connectivity index (χ0v) is 13.7. The highest BCUT2D eigenvalue weighted by Crippen LogP contribution is 2.31. The van der Waals surface area contributed by atoms with Crippen LogP contribution >= 0.6 is 22.9 Å². The SMILES string of the molecule is CN(CC1CCCC1O)C(=O)c1cc(-c2ccc(Cl)s2)on1. The van der Waals surface area contributed by atoms with E-state index in [1.165, 1.54) is 11.3 Å². The van der Waals surface area contributed by atoms with Crippen LogP contribution in [0.5, 0.6) is 0 Å². The molecule has 3 rings (SSSR count). The Morgan fingerprint density at radius 2 is 2.36 bits per heavy atom. The topological polar surface area (TPSA) is 66.6 Å². The number of nitrogens with zero attached hydrogens (tertiary/aromatic N) is 2. The number of carbonyl (C=O) groups excluding carboxylic acids is 1. The van der Waals surface area contributed by atoms with Gasteiger partial charge in [-0.15, -0.1) is 11.3 Å². The Labute approximate surface area is 137 Å². The Bertz CT molecular complexity index is 669. The minimum atomic E-state index is -0.309. The monoisotopic (exact) mass is 340 g/mol. The van der Waals surface area contributed by atoms with Gasteiger partial charge >= 0.3 is 0 Å². The zero-order valence-electron chi connectivity index (χ0n) is 12.2. The average molecular weight is 341 g/mol. The first-order valence-corrected chi connectivity index (χ1v) is 8.40. The molecule has 2 atom stereocenters. The lowest BCUT2D eigenvalue weighted by molar-refractivity contribution is 0.0684. The summed E-state index contributed by atoms with van der Waals surface area (Å²) in [4.78, 5) is 14.8. The quantitative estimate of drug-likeness (QED) is 0.927. The van der Waals surface area contributed by atoms with E-state index in [0.29, 0.717) is 16.6 Å². The number of hydrogen-bond donors (Lipinski definition) is 1. The van der Waals surface area contributed by atoms with Crippen LogP contribution in [-0.2, 0) is 0 Å². The summed E-state index contributed by atoms with van der Waals surface area (Å²) in [6.07, 6.45) is 2.48. The van der Waals surface area contributed by atoms with Gasteiger partial charge in [0, 0.05) is 25.6 Å². The first-order chi connectivity index (χ1) is 10.5. The predicted octanol–water partition coefficient (Wildman–Crippen LogP) is 3.29. The molecule has 7 heteroatoms. The van der Waals surface area contributed by atoms with Gasteiger partial charge in [-0.25, -0.2) is 0 Å². The molecule has 22 heavy (non-hydrogen) atoms. The van der Waals surface area contributed by atoms with Crippen LogP contribution in [0, 0.1) is 5.92 Å². The number of rotatable bonds is 4. The van der Waals surface area contributed by atoms with Crippen LogP contribution in [0.1, 0.15) is 29.8 Å². The van der Waals surface area contributed by atoms with Crippen molar-refractivity contribution in [1.29, 1.82) is 0 Å². The molecule has 2 aromatic heterocycles. The fourth-order valence-corrected chi connectivity index (χ4v) is 3.79. The third-order valence-corrected chi connectivity index (χ3v) is 5.27. The van der Waals surface area contributed by atoms with Gasteiger partial charge in [0.05, 0.1) is 15.3 Å². The summed E-state index contributed by atoms with van der Waals surface area (Å²) >= 11 is 7.27. The van der Waals surface area contributed by atoms with Gasteiger partial charge in [0.25, 0.3) is 5.91 Å². The number of carbonyl (C=O) groups is 1. The fourth-order valence-electron chi connectivity index (χ4n) is 2.80. The Morgan fingerprint density at radius 1 is 1.55 bits per heavy atom. The lowest BCUT2D eigenvalue weighted by atomic mass is 10.1. The highest BCUT2D eigenvalue weighted by Gasteiger charge is 2.28. The Hall–Kier alpha value is -1.37. The summed E-state index contributed by atoms with van der Waals surface area (Å²) < 4.78 is 5.89. The molecule has 1 aliphatic carbocycles. The van der Waals surface area contributed by atoms with Crippen molar-refractivity contribution in [2.24, 2.45) is 5.92 Å². The summed E-state index contributed by atoms with van der Waals surface area (Å²) in [7, 11) is 1.73. The zero-order chi connectivity index (χ0) is 15.7. The lowest BCUT2D eigenvalue weighted by Gasteiger charge is -2.22. The number of halogens is 1. The molecule has 0 spiro atoms. The Balaban J connectivity index is 1.68. The second-order valence-corrected chi connectivity index (χ2v) is 7.34. The molecule has 2 heterocycles. The van der Waals surface area contributed by atoms with E-state index in [9.17, 15) is 9.90 Å². The maximum absolute atomic E-state index is 12.4. The van der Waals surface area contributed by atoms with Gasteiger partial charge in [0.15, 0.2) is 11.5 Å². The van der Waals surface area contributed by atoms with Crippen LogP contribution in [0.4, 0.5) is 0 Å². The van der Waals surface area contributed by atoms with Crippen LogP contribution in [0.3, 0.4) is 0 Å². The van der Waals surface area contributed by atoms with E-state index in [4.69, 9.17) is 16.1 Å². The van der Waals surface area contributed by atoms with Gasteiger partial charge in [0.1, 0.15) is 0 Å². The van der Waals surface area contributed by atoms with Crippen molar-refractivity contribution >= 4 is 28.8 Å². The number of amides is 1. The normalized spacial score (nSPS) is 21.2. The van der Waals surface area contributed by atoms with E-state index in [2.05, 4.69) is 5.16 Å². The van der Waals surface area contributed by atoms with E-state index in [1.54, 1.807) is 24.1 Å². The highest BCUT2D eigenvalue weighted by atomic mass is 35.5. The van der Waals surface area contributed by atoms with E-state index in [1.807, 2.05) is 6.07 Å². The van der Waals surface area contributed by atoms with E-state index in [0.717, 1.165) is 24.1 Å². The average Bonchev–Trinajstić information content (AvgIpc) is 3.20. The molecule has 1 amide bonds. The summed E-state index contributed by atoms with van der Waals surface area (Å²) in [5, 5.41) is 13.7. The largest absolute Gasteiger partial charge is 0.393 e. The molecule has 2 aromatic rings.